The van der Waals surface area contributed by atoms with Crippen molar-refractivity contribution in [3.8, 4) is 78.6 Å². The van der Waals surface area contributed by atoms with E-state index < -0.39 is 5.89 Å². The lowest BCUT2D eigenvalue weighted by Gasteiger charge is -2.23. The Kier molecular flexibility index (Phi) is 11.3. The van der Waals surface area contributed by atoms with E-state index in [0.717, 1.165) is 90.9 Å². The Labute approximate surface area is 386 Å². The number of hydrogen-bond acceptors (Lipinski definition) is 3. The van der Waals surface area contributed by atoms with E-state index in [0.29, 0.717) is 11.4 Å². The number of pyridine rings is 1. The molecule has 2 heterocycles. The number of phenolic OH excluding ortho intramolecular Hbond substituents is 1. The summed E-state index contributed by atoms with van der Waals surface area (Å²) in [4.78, 5) is 10.6. The van der Waals surface area contributed by atoms with Crippen LogP contribution in [0.2, 0.25) is 0 Å². The van der Waals surface area contributed by atoms with Crippen molar-refractivity contribution >= 4 is 11.0 Å². The van der Waals surface area contributed by atoms with Gasteiger partial charge < -0.3 is 5.11 Å². The SMILES string of the molecule is [2H]C(CC)(CC)c1ccc(-c2ccnc(-c3cc(-c4cccc5c4nc(-c4cccc(-c6ccccc6)c4O)n5-c4ccc(C(C)(C)C)cc4-c4ccccc4)cc(C(C)(C)C)c3)c2)cc1. The van der Waals surface area contributed by atoms with E-state index in [2.05, 4.69) is 181 Å². The standard InChI is InChI=1S/C61H59N3O/c1-9-40(10-2)41-27-29-42(30-28-41)45-33-34-62-54(38-45)47-35-46(36-49(37-47)61(6,7)8)50-23-18-26-56-57(50)63-59(52-25-17-24-51(58(52)65)43-19-13-11-14-20-43)64(56)55-32-31-48(60(3,4)5)39-53(55)44-21-15-12-16-22-44/h11-40,65H,9-10H2,1-8H3/i40D. The lowest BCUT2D eigenvalue weighted by Crippen LogP contribution is -2.12. The van der Waals surface area contributed by atoms with E-state index in [9.17, 15) is 5.11 Å². The number of fused-ring (bicyclic) bond motifs is 1. The number of para-hydroxylation sites is 2. The fourth-order valence-corrected chi connectivity index (χ4v) is 9.07. The molecule has 0 fully saturated rings. The fourth-order valence-electron chi connectivity index (χ4n) is 9.07. The number of rotatable bonds is 10. The first kappa shape index (κ1) is 41.9. The van der Waals surface area contributed by atoms with Crippen molar-refractivity contribution in [3.05, 3.63) is 193 Å². The van der Waals surface area contributed by atoms with Crippen LogP contribution in [0.4, 0.5) is 0 Å². The molecular weight excluding hydrogens is 791 g/mol. The lowest BCUT2D eigenvalue weighted by molar-refractivity contribution is 0.479. The zero-order valence-corrected chi connectivity index (χ0v) is 38.9. The highest BCUT2D eigenvalue weighted by molar-refractivity contribution is 5.98. The van der Waals surface area contributed by atoms with Crippen LogP contribution in [0, 0.1) is 0 Å². The number of aromatic nitrogens is 3. The van der Waals surface area contributed by atoms with Crippen LogP contribution in [-0.2, 0) is 10.8 Å². The van der Waals surface area contributed by atoms with Crippen LogP contribution in [0.15, 0.2) is 176 Å². The van der Waals surface area contributed by atoms with E-state index in [1.54, 1.807) is 0 Å². The summed E-state index contributed by atoms with van der Waals surface area (Å²) >= 11 is 0. The molecule has 7 aromatic carbocycles. The summed E-state index contributed by atoms with van der Waals surface area (Å²) in [7, 11) is 0. The first-order valence-electron chi connectivity index (χ1n) is 23.5. The first-order chi connectivity index (χ1) is 31.7. The fraction of sp³-hybridized carbons (Fsp3) is 0.213. The maximum atomic E-state index is 12.3. The van der Waals surface area contributed by atoms with Crippen LogP contribution in [0.5, 0.6) is 5.75 Å². The van der Waals surface area contributed by atoms with Gasteiger partial charge in [-0.2, -0.15) is 0 Å². The minimum Gasteiger partial charge on any atom is -0.507 e. The molecule has 0 bridgehead atoms. The molecule has 0 saturated carbocycles. The Morgan fingerprint density at radius 1 is 0.523 bits per heavy atom. The molecule has 9 rings (SSSR count). The molecule has 0 amide bonds. The normalized spacial score (nSPS) is 12.4. The summed E-state index contributed by atoms with van der Waals surface area (Å²) in [5.41, 5.74) is 16.6. The Bertz CT molecular complexity index is 3190. The number of phenols is 1. The highest BCUT2D eigenvalue weighted by Gasteiger charge is 2.26. The molecule has 0 radical (unpaired) electrons. The molecule has 65 heavy (non-hydrogen) atoms. The van der Waals surface area contributed by atoms with Crippen molar-refractivity contribution in [2.45, 2.75) is 85.0 Å². The third-order valence-electron chi connectivity index (χ3n) is 12.9. The summed E-state index contributed by atoms with van der Waals surface area (Å²) in [6.07, 6.45) is 3.44. The summed E-state index contributed by atoms with van der Waals surface area (Å²) in [5, 5.41) is 12.3. The number of hydrogen-bond donors (Lipinski definition) is 1. The van der Waals surface area contributed by atoms with Gasteiger partial charge in [-0.25, -0.2) is 4.98 Å². The van der Waals surface area contributed by atoms with E-state index in [-0.39, 0.29) is 16.6 Å². The van der Waals surface area contributed by atoms with Crippen molar-refractivity contribution in [2.75, 3.05) is 0 Å². The molecule has 0 aliphatic carbocycles. The molecule has 0 aliphatic rings. The van der Waals surface area contributed by atoms with Crippen molar-refractivity contribution in [1.29, 1.82) is 0 Å². The van der Waals surface area contributed by atoms with E-state index >= 15 is 0 Å². The second kappa shape index (κ2) is 17.5. The molecule has 0 atom stereocenters. The number of benzene rings is 7. The van der Waals surface area contributed by atoms with Crippen molar-refractivity contribution in [1.82, 2.24) is 14.5 Å². The number of nitrogens with zero attached hydrogens (tertiary/aromatic N) is 3. The van der Waals surface area contributed by atoms with Crippen LogP contribution in [0.1, 0.15) is 92.2 Å². The highest BCUT2D eigenvalue weighted by atomic mass is 16.3. The minimum atomic E-state index is -0.584. The van der Waals surface area contributed by atoms with Crippen LogP contribution in [0.25, 0.3) is 83.9 Å². The van der Waals surface area contributed by atoms with Crippen molar-refractivity contribution in [3.63, 3.8) is 0 Å². The third-order valence-corrected chi connectivity index (χ3v) is 12.9. The molecule has 0 unspecified atom stereocenters. The van der Waals surface area contributed by atoms with Gasteiger partial charge in [0.1, 0.15) is 11.6 Å². The van der Waals surface area contributed by atoms with Gasteiger partial charge in [0.2, 0.25) is 0 Å². The molecular formula is C61H59N3O. The van der Waals surface area contributed by atoms with Gasteiger partial charge >= 0.3 is 0 Å². The summed E-state index contributed by atoms with van der Waals surface area (Å²) in [5.74, 6) is 0.252. The van der Waals surface area contributed by atoms with E-state index in [1.165, 1.54) is 11.1 Å². The Hall–Kier alpha value is -7.04. The zero-order chi connectivity index (χ0) is 46.4. The largest absolute Gasteiger partial charge is 0.507 e. The molecule has 324 valence electrons. The van der Waals surface area contributed by atoms with Crippen LogP contribution in [-0.4, -0.2) is 19.6 Å². The van der Waals surface area contributed by atoms with Crippen molar-refractivity contribution in [2.24, 2.45) is 0 Å². The van der Waals surface area contributed by atoms with Gasteiger partial charge in [-0.15, -0.1) is 0 Å². The second-order valence-electron chi connectivity index (χ2n) is 19.2. The number of imidazole rings is 1. The molecule has 4 nitrogen and oxygen atoms in total. The number of aromatic hydroxyl groups is 1. The van der Waals surface area contributed by atoms with Gasteiger partial charge in [0, 0.05) is 29.8 Å². The average Bonchev–Trinajstić information content (AvgIpc) is 3.73. The van der Waals surface area contributed by atoms with Gasteiger partial charge in [-0.3, -0.25) is 9.55 Å². The lowest BCUT2D eigenvalue weighted by atomic mass is 9.83. The van der Waals surface area contributed by atoms with Gasteiger partial charge in [0.15, 0.2) is 0 Å². The third kappa shape index (κ3) is 8.54. The van der Waals surface area contributed by atoms with Crippen molar-refractivity contribution < 1.29 is 6.48 Å². The first-order valence-corrected chi connectivity index (χ1v) is 23.0. The van der Waals surface area contributed by atoms with Crippen LogP contribution >= 0.6 is 0 Å². The minimum absolute atomic E-state index is 0.0787. The molecule has 9 aromatic rings. The van der Waals surface area contributed by atoms with Gasteiger partial charge in [0.05, 0.1) is 28.0 Å². The average molecular weight is 851 g/mol. The molecule has 1 N–H and O–H groups in total. The highest BCUT2D eigenvalue weighted by Crippen LogP contribution is 2.44. The molecule has 0 saturated heterocycles. The predicted molar refractivity (Wildman–Crippen MR) is 274 cm³/mol. The van der Waals surface area contributed by atoms with Crippen LogP contribution in [0.3, 0.4) is 0 Å². The molecule has 0 aliphatic heterocycles. The maximum Gasteiger partial charge on any atom is 0.149 e. The Balaban J connectivity index is 1.27. The summed E-state index contributed by atoms with van der Waals surface area (Å²) in [6.45, 7) is 17.7. The monoisotopic (exact) mass is 850 g/mol. The smallest absolute Gasteiger partial charge is 0.149 e. The zero-order valence-electron chi connectivity index (χ0n) is 39.9. The Morgan fingerprint density at radius 3 is 1.80 bits per heavy atom. The maximum absolute atomic E-state index is 12.3. The van der Waals surface area contributed by atoms with Gasteiger partial charge in [-0.05, 0) is 123 Å². The molecule has 0 spiro atoms. The van der Waals surface area contributed by atoms with E-state index in [1.807, 2.05) is 54.7 Å². The summed E-state index contributed by atoms with van der Waals surface area (Å²) in [6, 6.07) is 59.4. The Morgan fingerprint density at radius 2 is 1.14 bits per heavy atom. The topological polar surface area (TPSA) is 50.9 Å². The summed E-state index contributed by atoms with van der Waals surface area (Å²) < 4.78 is 11.2. The predicted octanol–water partition coefficient (Wildman–Crippen LogP) is 16.6. The molecule has 4 heteroatoms. The molecule has 2 aromatic heterocycles. The quantitative estimate of drug-likeness (QED) is 0.149. The van der Waals surface area contributed by atoms with Gasteiger partial charge in [-0.1, -0.05) is 177 Å². The van der Waals surface area contributed by atoms with Crippen LogP contribution < -0.4 is 0 Å². The van der Waals surface area contributed by atoms with Gasteiger partial charge in [0.25, 0.3) is 0 Å². The second-order valence-corrected chi connectivity index (χ2v) is 19.2. The van der Waals surface area contributed by atoms with E-state index in [4.69, 9.17) is 11.3 Å².